The summed E-state index contributed by atoms with van der Waals surface area (Å²) in [7, 11) is 0. The molecule has 1 amide bonds. The van der Waals surface area contributed by atoms with Crippen molar-refractivity contribution in [3.8, 4) is 0 Å². The number of nitrogens with zero attached hydrogens (tertiary/aromatic N) is 4. The van der Waals surface area contributed by atoms with E-state index in [-0.39, 0.29) is 11.7 Å². The first-order chi connectivity index (χ1) is 14.5. The highest BCUT2D eigenvalue weighted by atomic mass is 19.1. The molecule has 2 saturated heterocycles. The molecule has 2 aliphatic heterocycles. The molecule has 0 aliphatic carbocycles. The molecule has 2 aliphatic rings. The van der Waals surface area contributed by atoms with Crippen LogP contribution in [0.1, 0.15) is 11.1 Å². The lowest BCUT2D eigenvalue weighted by Crippen LogP contribution is -2.54. The number of hydrogen-bond donors (Lipinski definition) is 0. The van der Waals surface area contributed by atoms with E-state index in [1.807, 2.05) is 17.0 Å². The molecule has 2 aromatic rings. The van der Waals surface area contributed by atoms with Crippen molar-refractivity contribution in [1.82, 2.24) is 9.80 Å². The van der Waals surface area contributed by atoms with E-state index in [1.54, 1.807) is 0 Å². The van der Waals surface area contributed by atoms with Crippen LogP contribution >= 0.6 is 0 Å². The van der Waals surface area contributed by atoms with E-state index in [4.69, 9.17) is 0 Å². The van der Waals surface area contributed by atoms with Gasteiger partial charge in [0.15, 0.2) is 0 Å². The molecule has 6 heteroatoms. The van der Waals surface area contributed by atoms with Gasteiger partial charge in [-0.1, -0.05) is 12.1 Å². The lowest BCUT2D eigenvalue weighted by molar-refractivity contribution is -0.132. The number of aryl methyl sites for hydroxylation is 1. The van der Waals surface area contributed by atoms with E-state index < -0.39 is 0 Å². The Balaban J connectivity index is 1.24. The van der Waals surface area contributed by atoms with E-state index in [0.717, 1.165) is 58.0 Å². The maximum atomic E-state index is 13.1. The van der Waals surface area contributed by atoms with Crippen LogP contribution in [0.3, 0.4) is 0 Å². The van der Waals surface area contributed by atoms with Gasteiger partial charge in [-0.3, -0.25) is 9.69 Å². The van der Waals surface area contributed by atoms with Gasteiger partial charge in [0.1, 0.15) is 5.82 Å². The molecule has 5 nitrogen and oxygen atoms in total. The molecule has 0 spiro atoms. The first kappa shape index (κ1) is 20.7. The minimum absolute atomic E-state index is 0.208. The largest absolute Gasteiger partial charge is 0.369 e. The number of hydrogen-bond acceptors (Lipinski definition) is 4. The topological polar surface area (TPSA) is 30.0 Å². The quantitative estimate of drug-likeness (QED) is 0.775. The fraction of sp³-hybridized carbons (Fsp3) is 0.458. The Kier molecular flexibility index (Phi) is 6.23. The van der Waals surface area contributed by atoms with Crippen molar-refractivity contribution >= 4 is 17.3 Å². The summed E-state index contributed by atoms with van der Waals surface area (Å²) in [6, 6.07) is 13.1. The monoisotopic (exact) mass is 410 g/mol. The van der Waals surface area contributed by atoms with E-state index in [9.17, 15) is 9.18 Å². The maximum Gasteiger partial charge on any atom is 0.236 e. The van der Waals surface area contributed by atoms with Gasteiger partial charge in [0.2, 0.25) is 5.91 Å². The van der Waals surface area contributed by atoms with Gasteiger partial charge in [0.25, 0.3) is 0 Å². The number of anilines is 2. The first-order valence-electron chi connectivity index (χ1n) is 10.8. The van der Waals surface area contributed by atoms with Crippen molar-refractivity contribution < 1.29 is 9.18 Å². The van der Waals surface area contributed by atoms with Crippen LogP contribution in [0.4, 0.5) is 15.8 Å². The Labute approximate surface area is 178 Å². The van der Waals surface area contributed by atoms with Gasteiger partial charge < -0.3 is 14.7 Å². The smallest absolute Gasteiger partial charge is 0.236 e. The van der Waals surface area contributed by atoms with Gasteiger partial charge in [0.05, 0.1) is 6.54 Å². The van der Waals surface area contributed by atoms with Crippen molar-refractivity contribution in [2.45, 2.75) is 13.8 Å². The van der Waals surface area contributed by atoms with Crippen LogP contribution in [0.15, 0.2) is 42.5 Å². The van der Waals surface area contributed by atoms with Gasteiger partial charge >= 0.3 is 0 Å². The number of rotatable bonds is 4. The summed E-state index contributed by atoms with van der Waals surface area (Å²) in [5.41, 5.74) is 4.98. The summed E-state index contributed by atoms with van der Waals surface area (Å²) in [6.45, 7) is 11.6. The van der Waals surface area contributed by atoms with Crippen LogP contribution in [-0.2, 0) is 4.79 Å². The second-order valence-corrected chi connectivity index (χ2v) is 8.33. The molecule has 0 N–H and O–H groups in total. The lowest BCUT2D eigenvalue weighted by atomic mass is 10.1. The molecule has 0 atom stereocenters. The fourth-order valence-corrected chi connectivity index (χ4v) is 4.38. The average Bonchev–Trinajstić information content (AvgIpc) is 2.77. The third kappa shape index (κ3) is 4.59. The van der Waals surface area contributed by atoms with Crippen LogP contribution in [0.2, 0.25) is 0 Å². The van der Waals surface area contributed by atoms with Crippen LogP contribution in [-0.4, -0.2) is 74.6 Å². The molecule has 2 aromatic carbocycles. The number of piperazine rings is 2. The lowest BCUT2D eigenvalue weighted by Gasteiger charge is -2.39. The van der Waals surface area contributed by atoms with E-state index in [1.165, 1.54) is 28.9 Å². The molecule has 0 aromatic heterocycles. The molecule has 2 heterocycles. The van der Waals surface area contributed by atoms with Gasteiger partial charge in [-0.05, 0) is 55.3 Å². The molecular formula is C24H31FN4O. The van der Waals surface area contributed by atoms with E-state index >= 15 is 0 Å². The highest BCUT2D eigenvalue weighted by Gasteiger charge is 2.25. The SMILES string of the molecule is Cc1cccc(N2CCN(C(=O)CN3CCN(c4ccc(F)cc4)CC3)CC2)c1C. The maximum absolute atomic E-state index is 13.1. The number of halogens is 1. The third-order valence-electron chi connectivity index (χ3n) is 6.47. The van der Waals surface area contributed by atoms with Gasteiger partial charge in [-0.25, -0.2) is 4.39 Å². The zero-order valence-electron chi connectivity index (χ0n) is 18.0. The summed E-state index contributed by atoms with van der Waals surface area (Å²) in [4.78, 5) is 21.7. The predicted molar refractivity (Wildman–Crippen MR) is 120 cm³/mol. The first-order valence-corrected chi connectivity index (χ1v) is 10.8. The second-order valence-electron chi connectivity index (χ2n) is 8.33. The molecule has 2 fully saturated rings. The minimum atomic E-state index is -0.208. The van der Waals surface area contributed by atoms with Gasteiger partial charge in [0, 0.05) is 63.7 Å². The van der Waals surface area contributed by atoms with Crippen molar-refractivity contribution in [2.75, 3.05) is 68.7 Å². The van der Waals surface area contributed by atoms with Crippen molar-refractivity contribution in [3.05, 3.63) is 59.4 Å². The predicted octanol–water partition coefficient (Wildman–Crippen LogP) is 2.91. The third-order valence-corrected chi connectivity index (χ3v) is 6.47. The molecular weight excluding hydrogens is 379 g/mol. The Bertz CT molecular complexity index is 869. The Morgan fingerprint density at radius 3 is 2.13 bits per heavy atom. The van der Waals surface area contributed by atoms with Crippen molar-refractivity contribution in [3.63, 3.8) is 0 Å². The van der Waals surface area contributed by atoms with Crippen LogP contribution in [0.25, 0.3) is 0 Å². The number of benzene rings is 2. The highest BCUT2D eigenvalue weighted by Crippen LogP contribution is 2.24. The summed E-state index contributed by atoms with van der Waals surface area (Å²) in [6.07, 6.45) is 0. The van der Waals surface area contributed by atoms with Crippen LogP contribution in [0, 0.1) is 19.7 Å². The van der Waals surface area contributed by atoms with E-state index in [0.29, 0.717) is 6.54 Å². The van der Waals surface area contributed by atoms with Crippen molar-refractivity contribution in [2.24, 2.45) is 0 Å². The Morgan fingerprint density at radius 1 is 0.833 bits per heavy atom. The molecule has 0 radical (unpaired) electrons. The van der Waals surface area contributed by atoms with Gasteiger partial charge in [-0.15, -0.1) is 0 Å². The Morgan fingerprint density at radius 2 is 1.47 bits per heavy atom. The summed E-state index contributed by atoms with van der Waals surface area (Å²) >= 11 is 0. The summed E-state index contributed by atoms with van der Waals surface area (Å²) < 4.78 is 13.1. The molecule has 0 saturated carbocycles. The Hall–Kier alpha value is -2.60. The molecule has 0 unspecified atom stereocenters. The highest BCUT2D eigenvalue weighted by molar-refractivity contribution is 5.78. The fourth-order valence-electron chi connectivity index (χ4n) is 4.38. The van der Waals surface area contributed by atoms with Crippen LogP contribution in [0.5, 0.6) is 0 Å². The molecule has 0 bridgehead atoms. The van der Waals surface area contributed by atoms with E-state index in [2.05, 4.69) is 46.7 Å². The van der Waals surface area contributed by atoms with Crippen molar-refractivity contribution in [1.29, 1.82) is 0 Å². The molecule has 4 rings (SSSR count). The second kappa shape index (κ2) is 9.04. The zero-order chi connectivity index (χ0) is 21.1. The number of carbonyl (C=O) groups is 1. The zero-order valence-corrected chi connectivity index (χ0v) is 18.0. The minimum Gasteiger partial charge on any atom is -0.369 e. The van der Waals surface area contributed by atoms with Gasteiger partial charge in [-0.2, -0.15) is 0 Å². The number of amides is 1. The normalized spacial score (nSPS) is 18.0. The summed E-state index contributed by atoms with van der Waals surface area (Å²) in [5, 5.41) is 0. The number of carbonyl (C=O) groups excluding carboxylic acids is 1. The molecule has 160 valence electrons. The average molecular weight is 411 g/mol. The van der Waals surface area contributed by atoms with Crippen LogP contribution < -0.4 is 9.80 Å². The summed E-state index contributed by atoms with van der Waals surface area (Å²) in [5.74, 6) is 0.0199. The standard InChI is InChI=1S/C24H31FN4O/c1-19-4-3-5-23(20(19)2)28-14-16-29(17-15-28)24(30)18-26-10-12-27(13-11-26)22-8-6-21(25)7-9-22/h3-9H,10-18H2,1-2H3. The molecule has 30 heavy (non-hydrogen) atoms.